The van der Waals surface area contributed by atoms with Gasteiger partial charge < -0.3 is 10.1 Å². The summed E-state index contributed by atoms with van der Waals surface area (Å²) in [5, 5.41) is 7.30. The molecule has 1 N–H and O–H groups in total. The number of rotatable bonds is 6. The number of aromatic nitrogens is 2. The van der Waals surface area contributed by atoms with E-state index in [-0.39, 0.29) is 12.5 Å². The third kappa shape index (κ3) is 4.93. The van der Waals surface area contributed by atoms with E-state index in [0.29, 0.717) is 18.1 Å². The second-order valence-corrected chi connectivity index (χ2v) is 6.52. The van der Waals surface area contributed by atoms with E-state index in [1.165, 1.54) is 0 Å². The number of nitrogens with zero attached hydrogens (tertiary/aromatic N) is 2. The summed E-state index contributed by atoms with van der Waals surface area (Å²) in [7, 11) is 0. The van der Waals surface area contributed by atoms with Crippen LogP contribution in [-0.4, -0.2) is 22.3 Å². The van der Waals surface area contributed by atoms with Crippen molar-refractivity contribution < 1.29 is 9.53 Å². The van der Waals surface area contributed by atoms with Crippen LogP contribution in [0.2, 0.25) is 0 Å². The lowest BCUT2D eigenvalue weighted by Crippen LogP contribution is -2.22. The molecule has 0 aliphatic carbocycles. The van der Waals surface area contributed by atoms with E-state index in [1.807, 2.05) is 55.5 Å². The van der Waals surface area contributed by atoms with Gasteiger partial charge in [0.1, 0.15) is 11.6 Å². The number of hydrogen-bond acceptors (Lipinski definition) is 3. The number of benzene rings is 2. The summed E-state index contributed by atoms with van der Waals surface area (Å²) in [6, 6.07) is 19.2. The zero-order chi connectivity index (χ0) is 17.6. The number of aryl methyl sites for hydroxylation is 1. The highest BCUT2D eigenvalue weighted by molar-refractivity contribution is 9.10. The highest BCUT2D eigenvalue weighted by atomic mass is 79.9. The molecule has 0 aliphatic heterocycles. The van der Waals surface area contributed by atoms with Crippen LogP contribution < -0.4 is 10.1 Å². The number of hydrogen-bond donors (Lipinski definition) is 1. The second-order valence-electron chi connectivity index (χ2n) is 5.60. The summed E-state index contributed by atoms with van der Waals surface area (Å²) in [6.07, 6.45) is 0. The number of carbonyl (C=O) groups excluding carboxylic acids is 1. The van der Waals surface area contributed by atoms with E-state index in [2.05, 4.69) is 26.3 Å². The minimum atomic E-state index is -0.225. The van der Waals surface area contributed by atoms with Crippen LogP contribution in [0, 0.1) is 6.92 Å². The summed E-state index contributed by atoms with van der Waals surface area (Å²) in [6.45, 7) is 2.44. The van der Waals surface area contributed by atoms with Gasteiger partial charge in [0.25, 0.3) is 5.91 Å². The van der Waals surface area contributed by atoms with Crippen molar-refractivity contribution in [3.8, 4) is 5.75 Å². The molecule has 3 rings (SSSR count). The third-order valence-corrected chi connectivity index (χ3v) is 4.06. The topological polar surface area (TPSA) is 56.1 Å². The van der Waals surface area contributed by atoms with Crippen molar-refractivity contribution in [3.05, 3.63) is 76.4 Å². The third-order valence-electron chi connectivity index (χ3n) is 3.53. The van der Waals surface area contributed by atoms with Gasteiger partial charge in [-0.3, -0.25) is 4.79 Å². The first-order chi connectivity index (χ1) is 12.1. The number of ether oxygens (including phenoxy) is 1. The van der Waals surface area contributed by atoms with Gasteiger partial charge in [0.2, 0.25) is 0 Å². The Morgan fingerprint density at radius 3 is 2.60 bits per heavy atom. The van der Waals surface area contributed by atoms with E-state index in [9.17, 15) is 4.79 Å². The van der Waals surface area contributed by atoms with Crippen LogP contribution in [0.15, 0.2) is 65.1 Å². The average Bonchev–Trinajstić information content (AvgIpc) is 2.94. The molecule has 0 unspecified atom stereocenters. The molecule has 6 heteroatoms. The molecule has 25 heavy (non-hydrogen) atoms. The van der Waals surface area contributed by atoms with Crippen LogP contribution in [0.5, 0.6) is 5.75 Å². The molecule has 0 saturated carbocycles. The van der Waals surface area contributed by atoms with Crippen molar-refractivity contribution in [1.82, 2.24) is 9.78 Å². The largest absolute Gasteiger partial charge is 0.484 e. The molecule has 0 atom stereocenters. The Morgan fingerprint density at radius 2 is 1.88 bits per heavy atom. The minimum absolute atomic E-state index is 0.0583. The molecule has 1 amide bonds. The van der Waals surface area contributed by atoms with Crippen LogP contribution in [0.25, 0.3) is 0 Å². The number of carbonyl (C=O) groups is 1. The summed E-state index contributed by atoms with van der Waals surface area (Å²) in [4.78, 5) is 12.2. The van der Waals surface area contributed by atoms with Gasteiger partial charge in [-0.15, -0.1) is 0 Å². The number of nitrogens with one attached hydrogen (secondary N) is 1. The molecule has 0 bridgehead atoms. The minimum Gasteiger partial charge on any atom is -0.484 e. The zero-order valence-electron chi connectivity index (χ0n) is 13.8. The SMILES string of the molecule is Cc1cc(NC(=O)COc2ccc(Br)cc2)n(Cc2ccccc2)n1. The number of amides is 1. The Bertz CT molecular complexity index is 845. The average molecular weight is 400 g/mol. The molecule has 128 valence electrons. The monoisotopic (exact) mass is 399 g/mol. The van der Waals surface area contributed by atoms with E-state index < -0.39 is 0 Å². The lowest BCUT2D eigenvalue weighted by Gasteiger charge is -2.10. The normalized spacial score (nSPS) is 10.5. The van der Waals surface area contributed by atoms with E-state index >= 15 is 0 Å². The Hall–Kier alpha value is -2.60. The van der Waals surface area contributed by atoms with Gasteiger partial charge in [0.05, 0.1) is 12.2 Å². The molecule has 1 aromatic heterocycles. The quantitative estimate of drug-likeness (QED) is 0.680. The Kier molecular flexibility index (Phi) is 5.50. The second kappa shape index (κ2) is 7.98. The smallest absolute Gasteiger partial charge is 0.263 e. The summed E-state index contributed by atoms with van der Waals surface area (Å²) < 4.78 is 8.24. The van der Waals surface area contributed by atoms with Crippen molar-refractivity contribution in [1.29, 1.82) is 0 Å². The lowest BCUT2D eigenvalue weighted by atomic mass is 10.2. The van der Waals surface area contributed by atoms with Gasteiger partial charge in [0.15, 0.2) is 6.61 Å². The molecule has 2 aromatic carbocycles. The Morgan fingerprint density at radius 1 is 1.16 bits per heavy atom. The molecule has 0 saturated heterocycles. The molecule has 0 aliphatic rings. The van der Waals surface area contributed by atoms with Crippen LogP contribution in [0.4, 0.5) is 5.82 Å². The van der Waals surface area contributed by atoms with Gasteiger partial charge in [-0.2, -0.15) is 5.10 Å². The fraction of sp³-hybridized carbons (Fsp3) is 0.158. The van der Waals surface area contributed by atoms with Gasteiger partial charge in [0, 0.05) is 10.5 Å². The first-order valence-corrected chi connectivity index (χ1v) is 8.66. The standard InChI is InChI=1S/C19H18BrN3O2/c1-14-11-18(23(22-14)12-15-5-3-2-4-6-15)21-19(24)13-25-17-9-7-16(20)8-10-17/h2-11H,12-13H2,1H3,(H,21,24). The molecule has 1 heterocycles. The predicted molar refractivity (Wildman–Crippen MR) is 101 cm³/mol. The van der Waals surface area contributed by atoms with Gasteiger partial charge in [-0.05, 0) is 36.8 Å². The number of halogens is 1. The maximum Gasteiger partial charge on any atom is 0.263 e. The predicted octanol–water partition coefficient (Wildman–Crippen LogP) is 4.02. The molecule has 0 fully saturated rings. The molecule has 0 spiro atoms. The lowest BCUT2D eigenvalue weighted by molar-refractivity contribution is -0.118. The van der Waals surface area contributed by atoms with Crippen molar-refractivity contribution in [3.63, 3.8) is 0 Å². The fourth-order valence-electron chi connectivity index (χ4n) is 2.38. The first kappa shape index (κ1) is 17.2. The van der Waals surface area contributed by atoms with E-state index in [4.69, 9.17) is 4.74 Å². The van der Waals surface area contributed by atoms with Crippen molar-refractivity contribution in [2.75, 3.05) is 11.9 Å². The highest BCUT2D eigenvalue weighted by Gasteiger charge is 2.10. The van der Waals surface area contributed by atoms with Crippen LogP contribution in [0.1, 0.15) is 11.3 Å². The van der Waals surface area contributed by atoms with Crippen LogP contribution in [-0.2, 0) is 11.3 Å². The zero-order valence-corrected chi connectivity index (χ0v) is 15.4. The summed E-state index contributed by atoms with van der Waals surface area (Å²) >= 11 is 3.36. The molecular weight excluding hydrogens is 382 g/mol. The van der Waals surface area contributed by atoms with Crippen LogP contribution in [0.3, 0.4) is 0 Å². The summed E-state index contributed by atoms with van der Waals surface area (Å²) in [5.74, 6) is 1.08. The maximum absolute atomic E-state index is 12.2. The van der Waals surface area contributed by atoms with Crippen molar-refractivity contribution in [2.45, 2.75) is 13.5 Å². The van der Waals surface area contributed by atoms with E-state index in [0.717, 1.165) is 15.7 Å². The maximum atomic E-state index is 12.2. The van der Waals surface area contributed by atoms with Crippen LogP contribution >= 0.6 is 15.9 Å². The van der Waals surface area contributed by atoms with Gasteiger partial charge >= 0.3 is 0 Å². The molecule has 0 radical (unpaired) electrons. The van der Waals surface area contributed by atoms with Gasteiger partial charge in [-0.1, -0.05) is 46.3 Å². The summed E-state index contributed by atoms with van der Waals surface area (Å²) in [5.41, 5.74) is 1.97. The Labute approximate surface area is 154 Å². The van der Waals surface area contributed by atoms with Crippen molar-refractivity contribution >= 4 is 27.7 Å². The van der Waals surface area contributed by atoms with Gasteiger partial charge in [-0.25, -0.2) is 4.68 Å². The van der Waals surface area contributed by atoms with Crippen molar-refractivity contribution in [2.24, 2.45) is 0 Å². The first-order valence-electron chi connectivity index (χ1n) is 7.87. The molecule has 3 aromatic rings. The van der Waals surface area contributed by atoms with E-state index in [1.54, 1.807) is 16.8 Å². The fourth-order valence-corrected chi connectivity index (χ4v) is 2.65. The highest BCUT2D eigenvalue weighted by Crippen LogP contribution is 2.16. The molecule has 5 nitrogen and oxygen atoms in total. The Balaban J connectivity index is 1.62. The molecular formula is C19H18BrN3O2. The number of anilines is 1.